The fourth-order valence-electron chi connectivity index (χ4n) is 2.60. The Morgan fingerprint density at radius 1 is 1.25 bits per heavy atom. The van der Waals surface area contributed by atoms with E-state index in [2.05, 4.69) is 9.82 Å². The van der Waals surface area contributed by atoms with Crippen LogP contribution < -0.4 is 10.3 Å². The molecule has 3 rings (SSSR count). The molecule has 7 heteroatoms. The van der Waals surface area contributed by atoms with E-state index in [4.69, 9.17) is 0 Å². The molecule has 2 aromatic rings. The van der Waals surface area contributed by atoms with Gasteiger partial charge in [-0.2, -0.15) is 5.10 Å². The number of nitrogens with one attached hydrogen (secondary N) is 1. The third-order valence-corrected chi connectivity index (χ3v) is 5.32. The zero-order valence-corrected chi connectivity index (χ0v) is 14.4. The summed E-state index contributed by atoms with van der Waals surface area (Å²) in [5.74, 6) is 0.383. The van der Waals surface area contributed by atoms with Crippen molar-refractivity contribution in [1.29, 1.82) is 0 Å². The van der Waals surface area contributed by atoms with Gasteiger partial charge in [-0.3, -0.25) is 4.79 Å². The third kappa shape index (κ3) is 4.52. The van der Waals surface area contributed by atoms with Crippen molar-refractivity contribution in [3.63, 3.8) is 0 Å². The second kappa shape index (κ2) is 6.86. The van der Waals surface area contributed by atoms with Gasteiger partial charge in [0.1, 0.15) is 0 Å². The van der Waals surface area contributed by atoms with Gasteiger partial charge in [-0.15, -0.1) is 0 Å². The van der Waals surface area contributed by atoms with Crippen molar-refractivity contribution in [2.24, 2.45) is 0 Å². The van der Waals surface area contributed by atoms with E-state index in [9.17, 15) is 13.2 Å². The number of hydrogen-bond acceptors (Lipinski definition) is 4. The molecule has 6 nitrogen and oxygen atoms in total. The molecule has 0 atom stereocenters. The zero-order chi connectivity index (χ0) is 17.2. The maximum atomic E-state index is 12.2. The van der Waals surface area contributed by atoms with E-state index in [-0.39, 0.29) is 24.4 Å². The molecule has 0 radical (unpaired) electrons. The number of sulfonamides is 1. The van der Waals surface area contributed by atoms with Gasteiger partial charge >= 0.3 is 0 Å². The van der Waals surface area contributed by atoms with Crippen LogP contribution in [0, 0.1) is 6.92 Å². The molecule has 1 aromatic heterocycles. The highest BCUT2D eigenvalue weighted by molar-refractivity contribution is 7.88. The molecule has 1 N–H and O–H groups in total. The van der Waals surface area contributed by atoms with Crippen molar-refractivity contribution in [3.05, 3.63) is 63.6 Å². The lowest BCUT2D eigenvalue weighted by Gasteiger charge is -2.09. The Hall–Kier alpha value is -1.99. The first-order valence-corrected chi connectivity index (χ1v) is 9.69. The highest BCUT2D eigenvalue weighted by Crippen LogP contribution is 2.38. The molecule has 1 aliphatic rings. The summed E-state index contributed by atoms with van der Waals surface area (Å²) in [6.07, 6.45) is 2.21. The van der Waals surface area contributed by atoms with Crippen molar-refractivity contribution < 1.29 is 8.42 Å². The number of rotatable bonds is 7. The van der Waals surface area contributed by atoms with E-state index in [1.807, 2.05) is 25.1 Å². The van der Waals surface area contributed by atoms with Crippen molar-refractivity contribution >= 4 is 10.0 Å². The van der Waals surface area contributed by atoms with Crippen molar-refractivity contribution in [2.45, 2.75) is 38.0 Å². The molecule has 0 spiro atoms. The number of nitrogens with zero attached hydrogens (tertiary/aromatic N) is 2. The number of aromatic nitrogens is 2. The first-order chi connectivity index (χ1) is 11.4. The predicted molar refractivity (Wildman–Crippen MR) is 92.3 cm³/mol. The number of aryl methyl sites for hydroxylation is 1. The molecular formula is C17H21N3O3S. The van der Waals surface area contributed by atoms with Crippen LogP contribution in [0.4, 0.5) is 0 Å². The molecule has 1 aliphatic carbocycles. The van der Waals surface area contributed by atoms with E-state index in [0.29, 0.717) is 5.92 Å². The van der Waals surface area contributed by atoms with Gasteiger partial charge in [0.2, 0.25) is 10.0 Å². The lowest BCUT2D eigenvalue weighted by atomic mass is 10.2. The Morgan fingerprint density at radius 3 is 2.75 bits per heavy atom. The SMILES string of the molecule is Cc1cccc(CS(=O)(=O)NCCn2nc(C3CC3)ccc2=O)c1. The van der Waals surface area contributed by atoms with Gasteiger partial charge in [0.15, 0.2) is 0 Å². The maximum absolute atomic E-state index is 12.2. The van der Waals surface area contributed by atoms with Gasteiger partial charge in [-0.1, -0.05) is 29.8 Å². The molecule has 1 heterocycles. The van der Waals surface area contributed by atoms with Gasteiger partial charge in [0, 0.05) is 18.5 Å². The molecule has 1 fully saturated rings. The predicted octanol–water partition coefficient (Wildman–Crippen LogP) is 1.55. The van der Waals surface area contributed by atoms with Crippen molar-refractivity contribution in [1.82, 2.24) is 14.5 Å². The highest BCUT2D eigenvalue weighted by Gasteiger charge is 2.25. The Balaban J connectivity index is 1.59. The number of benzene rings is 1. The smallest absolute Gasteiger partial charge is 0.266 e. The van der Waals surface area contributed by atoms with Crippen LogP contribution in [0.5, 0.6) is 0 Å². The van der Waals surface area contributed by atoms with E-state index in [0.717, 1.165) is 29.7 Å². The van der Waals surface area contributed by atoms with Crippen LogP contribution in [0.15, 0.2) is 41.2 Å². The maximum Gasteiger partial charge on any atom is 0.266 e. The molecule has 0 unspecified atom stereocenters. The monoisotopic (exact) mass is 347 g/mol. The summed E-state index contributed by atoms with van der Waals surface area (Å²) in [6, 6.07) is 10.7. The van der Waals surface area contributed by atoms with Crippen LogP contribution in [-0.4, -0.2) is 24.7 Å². The molecular weight excluding hydrogens is 326 g/mol. The third-order valence-electron chi connectivity index (χ3n) is 3.97. The molecule has 128 valence electrons. The molecule has 24 heavy (non-hydrogen) atoms. The fraction of sp³-hybridized carbons (Fsp3) is 0.412. The first kappa shape index (κ1) is 16.9. The Morgan fingerprint density at radius 2 is 2.04 bits per heavy atom. The fourth-order valence-corrected chi connectivity index (χ4v) is 3.72. The van der Waals surface area contributed by atoms with Crippen molar-refractivity contribution in [3.8, 4) is 0 Å². The molecule has 1 aromatic carbocycles. The van der Waals surface area contributed by atoms with E-state index in [1.54, 1.807) is 12.1 Å². The minimum absolute atomic E-state index is 0.0703. The summed E-state index contributed by atoms with van der Waals surface area (Å²) < 4.78 is 28.2. The van der Waals surface area contributed by atoms with Gasteiger partial charge in [-0.25, -0.2) is 17.8 Å². The normalized spacial score (nSPS) is 14.7. The van der Waals surface area contributed by atoms with E-state index < -0.39 is 10.0 Å². The quantitative estimate of drug-likeness (QED) is 0.824. The second-order valence-corrected chi connectivity index (χ2v) is 8.04. The Labute approximate surface area is 141 Å². The second-order valence-electron chi connectivity index (χ2n) is 6.24. The molecule has 0 saturated heterocycles. The van der Waals surface area contributed by atoms with E-state index in [1.165, 1.54) is 10.7 Å². The molecule has 0 bridgehead atoms. The van der Waals surface area contributed by atoms with Crippen LogP contribution in [0.25, 0.3) is 0 Å². The summed E-state index contributed by atoms with van der Waals surface area (Å²) >= 11 is 0. The topological polar surface area (TPSA) is 81.1 Å². The average molecular weight is 347 g/mol. The Bertz CT molecular complexity index is 886. The lowest BCUT2D eigenvalue weighted by Crippen LogP contribution is -2.32. The number of hydrogen-bond donors (Lipinski definition) is 1. The largest absolute Gasteiger partial charge is 0.268 e. The highest BCUT2D eigenvalue weighted by atomic mass is 32.2. The van der Waals surface area contributed by atoms with Crippen molar-refractivity contribution in [2.75, 3.05) is 6.54 Å². The zero-order valence-electron chi connectivity index (χ0n) is 13.6. The molecule has 1 saturated carbocycles. The minimum atomic E-state index is -3.44. The van der Waals surface area contributed by atoms with Gasteiger partial charge in [-0.05, 0) is 31.4 Å². The van der Waals surface area contributed by atoms with Gasteiger partial charge < -0.3 is 0 Å². The summed E-state index contributed by atoms with van der Waals surface area (Å²) in [5, 5.41) is 4.32. The van der Waals surface area contributed by atoms with Crippen LogP contribution >= 0.6 is 0 Å². The van der Waals surface area contributed by atoms with Crippen LogP contribution in [-0.2, 0) is 22.3 Å². The van der Waals surface area contributed by atoms with Crippen LogP contribution in [0.1, 0.15) is 35.6 Å². The molecule has 0 amide bonds. The van der Waals surface area contributed by atoms with Crippen LogP contribution in [0.3, 0.4) is 0 Å². The summed E-state index contributed by atoms with van der Waals surface area (Å²) in [5.41, 5.74) is 2.47. The van der Waals surface area contributed by atoms with Gasteiger partial charge in [0.05, 0.1) is 18.0 Å². The van der Waals surface area contributed by atoms with Crippen LogP contribution in [0.2, 0.25) is 0 Å². The first-order valence-electron chi connectivity index (χ1n) is 8.04. The summed E-state index contributed by atoms with van der Waals surface area (Å²) in [4.78, 5) is 11.8. The lowest BCUT2D eigenvalue weighted by molar-refractivity contribution is 0.540. The summed E-state index contributed by atoms with van der Waals surface area (Å²) in [7, 11) is -3.44. The Kier molecular flexibility index (Phi) is 4.82. The standard InChI is InChI=1S/C17H21N3O3S/c1-13-3-2-4-14(11-13)12-24(22,23)18-9-10-20-17(21)8-7-16(19-20)15-5-6-15/h2-4,7-8,11,15,18H,5-6,9-10,12H2,1H3. The summed E-state index contributed by atoms with van der Waals surface area (Å²) in [6.45, 7) is 2.30. The average Bonchev–Trinajstić information content (AvgIpc) is 3.33. The molecule has 0 aliphatic heterocycles. The van der Waals surface area contributed by atoms with E-state index >= 15 is 0 Å². The van der Waals surface area contributed by atoms with Gasteiger partial charge in [0.25, 0.3) is 5.56 Å². The minimum Gasteiger partial charge on any atom is -0.268 e.